The highest BCUT2D eigenvalue weighted by molar-refractivity contribution is 9.10. The van der Waals surface area contributed by atoms with E-state index in [9.17, 15) is 9.59 Å². The van der Waals surface area contributed by atoms with Gasteiger partial charge in [-0.3, -0.25) is 9.59 Å². The van der Waals surface area contributed by atoms with Crippen molar-refractivity contribution in [1.29, 1.82) is 0 Å². The third-order valence-electron chi connectivity index (χ3n) is 3.82. The Kier molecular flexibility index (Phi) is 6.93. The molecule has 0 aliphatic heterocycles. The summed E-state index contributed by atoms with van der Waals surface area (Å²) in [6, 6.07) is 14.4. The Balaban J connectivity index is 1.66. The summed E-state index contributed by atoms with van der Waals surface area (Å²) in [6.07, 6.45) is 0.0176. The van der Waals surface area contributed by atoms with Crippen LogP contribution in [0, 0.1) is 6.92 Å². The lowest BCUT2D eigenvalue weighted by Gasteiger charge is -2.08. The second-order valence-corrected chi connectivity index (χ2v) is 8.40. The van der Waals surface area contributed by atoms with Crippen LogP contribution >= 0.6 is 39.3 Å². The molecule has 2 aromatic carbocycles. The van der Waals surface area contributed by atoms with E-state index in [1.54, 1.807) is 0 Å². The Morgan fingerprint density at radius 1 is 1.25 bits per heavy atom. The van der Waals surface area contributed by atoms with Gasteiger partial charge in [0.25, 0.3) is 5.56 Å². The molecule has 5 nitrogen and oxygen atoms in total. The number of H-pyrrole nitrogens is 1. The van der Waals surface area contributed by atoms with Gasteiger partial charge in [0, 0.05) is 27.0 Å². The summed E-state index contributed by atoms with van der Waals surface area (Å²) >= 11 is 10.8. The third kappa shape index (κ3) is 5.95. The van der Waals surface area contributed by atoms with Crippen LogP contribution in [0.4, 0.5) is 5.69 Å². The molecule has 0 radical (unpaired) electrons. The van der Waals surface area contributed by atoms with Gasteiger partial charge in [0.2, 0.25) is 5.91 Å². The number of rotatable bonds is 6. The van der Waals surface area contributed by atoms with E-state index in [2.05, 4.69) is 31.2 Å². The van der Waals surface area contributed by atoms with Gasteiger partial charge in [0.1, 0.15) is 0 Å². The van der Waals surface area contributed by atoms with Crippen LogP contribution in [0.1, 0.15) is 16.8 Å². The zero-order chi connectivity index (χ0) is 20.1. The third-order valence-corrected chi connectivity index (χ3v) is 5.89. The number of amides is 1. The zero-order valence-electron chi connectivity index (χ0n) is 15.0. The topological polar surface area (TPSA) is 74.8 Å². The molecule has 0 fully saturated rings. The smallest absolute Gasteiger partial charge is 0.251 e. The average molecular weight is 479 g/mol. The van der Waals surface area contributed by atoms with Crippen molar-refractivity contribution in [3.8, 4) is 0 Å². The average Bonchev–Trinajstić information content (AvgIpc) is 2.63. The van der Waals surface area contributed by atoms with E-state index >= 15 is 0 Å². The van der Waals surface area contributed by atoms with Gasteiger partial charge in [-0.15, -0.1) is 0 Å². The molecule has 1 aromatic heterocycles. The predicted molar refractivity (Wildman–Crippen MR) is 117 cm³/mol. The molecule has 8 heteroatoms. The van der Waals surface area contributed by atoms with Crippen molar-refractivity contribution in [3.05, 3.63) is 85.2 Å². The molecule has 0 atom stereocenters. The first-order valence-electron chi connectivity index (χ1n) is 8.42. The number of nitrogens with zero attached hydrogens (tertiary/aromatic N) is 1. The molecule has 1 heterocycles. The van der Waals surface area contributed by atoms with Crippen molar-refractivity contribution in [2.24, 2.45) is 0 Å². The largest absolute Gasteiger partial charge is 0.326 e. The molecule has 1 amide bonds. The highest BCUT2D eigenvalue weighted by Gasteiger charge is 2.09. The van der Waals surface area contributed by atoms with E-state index in [4.69, 9.17) is 11.6 Å². The van der Waals surface area contributed by atoms with Crippen LogP contribution in [0.25, 0.3) is 0 Å². The van der Waals surface area contributed by atoms with Crippen molar-refractivity contribution in [2.45, 2.75) is 24.3 Å². The maximum atomic E-state index is 12.3. The number of hydrogen-bond donors (Lipinski definition) is 2. The molecule has 3 aromatic rings. The number of aryl methyl sites for hydroxylation is 1. The predicted octanol–water partition coefficient (Wildman–Crippen LogP) is 4.97. The molecule has 0 saturated heterocycles. The molecular weight excluding hydrogens is 462 g/mol. The highest BCUT2D eigenvalue weighted by atomic mass is 79.9. The van der Waals surface area contributed by atoms with Crippen LogP contribution in [0.3, 0.4) is 0 Å². The van der Waals surface area contributed by atoms with Crippen molar-refractivity contribution >= 4 is 50.9 Å². The minimum Gasteiger partial charge on any atom is -0.326 e. The summed E-state index contributed by atoms with van der Waals surface area (Å²) in [7, 11) is 0. The Hall–Kier alpha value is -2.09. The maximum absolute atomic E-state index is 12.3. The lowest BCUT2D eigenvalue weighted by Crippen LogP contribution is -2.18. The maximum Gasteiger partial charge on any atom is 0.251 e. The fourth-order valence-corrected chi connectivity index (χ4v) is 3.81. The minimum absolute atomic E-state index is 0.0176. The molecule has 0 bridgehead atoms. The summed E-state index contributed by atoms with van der Waals surface area (Å²) in [4.78, 5) is 31.3. The first-order valence-corrected chi connectivity index (χ1v) is 10.6. The molecule has 28 heavy (non-hydrogen) atoms. The summed E-state index contributed by atoms with van der Waals surface area (Å²) in [5, 5.41) is 3.96. The first-order chi connectivity index (χ1) is 13.4. The molecule has 0 unspecified atom stereocenters. The number of thioether (sulfide) groups is 1. The van der Waals surface area contributed by atoms with Crippen LogP contribution in [-0.2, 0) is 17.0 Å². The van der Waals surface area contributed by atoms with Gasteiger partial charge in [0.05, 0.1) is 12.1 Å². The number of aromatic amines is 1. The van der Waals surface area contributed by atoms with E-state index in [0.717, 1.165) is 15.6 Å². The normalized spacial score (nSPS) is 10.7. The van der Waals surface area contributed by atoms with Gasteiger partial charge in [-0.05, 0) is 48.4 Å². The lowest BCUT2D eigenvalue weighted by atomic mass is 10.2. The van der Waals surface area contributed by atoms with Crippen LogP contribution in [0.15, 0.2) is 63.0 Å². The molecule has 0 aliphatic rings. The molecule has 0 spiro atoms. The number of carbonyl (C=O) groups is 1. The number of halogens is 2. The van der Waals surface area contributed by atoms with Crippen molar-refractivity contribution in [1.82, 2.24) is 9.97 Å². The number of carbonyl (C=O) groups excluding carboxylic acids is 1. The lowest BCUT2D eigenvalue weighted by molar-refractivity contribution is -0.115. The van der Waals surface area contributed by atoms with E-state index in [1.165, 1.54) is 17.8 Å². The molecule has 0 aliphatic carbocycles. The van der Waals surface area contributed by atoms with Gasteiger partial charge in [-0.25, -0.2) is 4.98 Å². The second kappa shape index (κ2) is 9.41. The number of hydrogen-bond acceptors (Lipinski definition) is 4. The van der Waals surface area contributed by atoms with Crippen LogP contribution in [-0.4, -0.2) is 15.9 Å². The Morgan fingerprint density at radius 3 is 2.82 bits per heavy atom. The van der Waals surface area contributed by atoms with Gasteiger partial charge in [0.15, 0.2) is 5.16 Å². The van der Waals surface area contributed by atoms with Gasteiger partial charge < -0.3 is 10.3 Å². The number of aromatic nitrogens is 2. The molecular formula is C20H17BrClN3O2S. The van der Waals surface area contributed by atoms with Crippen LogP contribution in [0.5, 0.6) is 0 Å². The first kappa shape index (κ1) is 20.6. The Labute approximate surface area is 180 Å². The second-order valence-electron chi connectivity index (χ2n) is 6.15. The summed E-state index contributed by atoms with van der Waals surface area (Å²) in [5.41, 5.74) is 2.88. The number of anilines is 1. The Bertz CT molecular complexity index is 1070. The standard InChI is InChI=1S/C20H17BrClN3O2S/c1-12-7-15(5-6-17(12)21)23-18(26)9-16-10-19(27)25-20(24-16)28-11-13-3-2-4-14(22)8-13/h2-8,10H,9,11H2,1H3,(H,23,26)(H,24,25,27). The SMILES string of the molecule is Cc1cc(NC(=O)Cc2cc(=O)[nH]c(SCc3cccc(Cl)c3)n2)ccc1Br. The van der Waals surface area contributed by atoms with Crippen LogP contribution in [0.2, 0.25) is 5.02 Å². The van der Waals surface area contributed by atoms with Crippen molar-refractivity contribution < 1.29 is 4.79 Å². The quantitative estimate of drug-likeness (QED) is 0.387. The zero-order valence-corrected chi connectivity index (χ0v) is 18.1. The molecule has 3 rings (SSSR count). The number of nitrogens with one attached hydrogen (secondary N) is 2. The van der Waals surface area contributed by atoms with Gasteiger partial charge >= 0.3 is 0 Å². The highest BCUT2D eigenvalue weighted by Crippen LogP contribution is 2.22. The summed E-state index contributed by atoms with van der Waals surface area (Å²) in [6.45, 7) is 1.95. The van der Waals surface area contributed by atoms with E-state index in [1.807, 2.05) is 49.4 Å². The van der Waals surface area contributed by atoms with Crippen LogP contribution < -0.4 is 10.9 Å². The van der Waals surface area contributed by atoms with E-state index < -0.39 is 0 Å². The monoisotopic (exact) mass is 477 g/mol. The van der Waals surface area contributed by atoms with E-state index in [-0.39, 0.29) is 17.9 Å². The fourth-order valence-electron chi connectivity index (χ4n) is 2.51. The van der Waals surface area contributed by atoms with Crippen molar-refractivity contribution in [3.63, 3.8) is 0 Å². The number of benzene rings is 2. The van der Waals surface area contributed by atoms with Crippen molar-refractivity contribution in [2.75, 3.05) is 5.32 Å². The summed E-state index contributed by atoms with van der Waals surface area (Å²) < 4.78 is 0.975. The molecule has 144 valence electrons. The Morgan fingerprint density at radius 2 is 2.07 bits per heavy atom. The molecule has 2 N–H and O–H groups in total. The molecule has 0 saturated carbocycles. The van der Waals surface area contributed by atoms with E-state index in [0.29, 0.717) is 27.3 Å². The van der Waals surface area contributed by atoms with Gasteiger partial charge in [-0.1, -0.05) is 51.4 Å². The minimum atomic E-state index is -0.286. The van der Waals surface area contributed by atoms with Gasteiger partial charge in [-0.2, -0.15) is 0 Å². The fraction of sp³-hybridized carbons (Fsp3) is 0.150. The summed E-state index contributed by atoms with van der Waals surface area (Å²) in [5.74, 6) is 0.378.